The summed E-state index contributed by atoms with van der Waals surface area (Å²) in [6, 6.07) is 6.01. The number of hydrogen-bond donors (Lipinski definition) is 0. The number of pyridine rings is 3. The lowest BCUT2D eigenvalue weighted by molar-refractivity contribution is 0.122. The number of anilines is 1. The van der Waals surface area contributed by atoms with E-state index in [1.807, 2.05) is 36.8 Å². The quantitative estimate of drug-likeness (QED) is 0.685. The van der Waals surface area contributed by atoms with Crippen LogP contribution in [0.1, 0.15) is 5.69 Å². The summed E-state index contributed by atoms with van der Waals surface area (Å²) in [5, 5.41) is 1.02. The molecule has 0 unspecified atom stereocenters. The summed E-state index contributed by atoms with van der Waals surface area (Å²) in [6.07, 6.45) is 9.25. The molecule has 0 saturated carbocycles. The predicted molar refractivity (Wildman–Crippen MR) is 114 cm³/mol. The summed E-state index contributed by atoms with van der Waals surface area (Å²) in [4.78, 5) is 20.6. The number of nitrogens with zero attached hydrogens (tertiary/aromatic N) is 5. The number of hydrogen-bond acceptors (Lipinski definition) is 7. The molecule has 0 bridgehead atoms. The molecule has 0 radical (unpaired) electrons. The van der Waals surface area contributed by atoms with Crippen LogP contribution in [0.15, 0.2) is 47.9 Å². The molecule has 2 aliphatic rings. The molecule has 0 aromatic carbocycles. The summed E-state index contributed by atoms with van der Waals surface area (Å²) < 4.78 is 11.2. The average Bonchev–Trinajstić information content (AvgIpc) is 3.33. The molecular formula is C22H21N5O2. The molecule has 5 rings (SSSR count). The van der Waals surface area contributed by atoms with Gasteiger partial charge in [-0.2, -0.15) is 0 Å². The first kappa shape index (κ1) is 17.8. The van der Waals surface area contributed by atoms with Gasteiger partial charge in [0.25, 0.3) is 0 Å². The minimum Gasteiger partial charge on any atom is -0.496 e. The first-order chi connectivity index (χ1) is 14.3. The van der Waals surface area contributed by atoms with Gasteiger partial charge in [-0.05, 0) is 24.3 Å². The van der Waals surface area contributed by atoms with Crippen molar-refractivity contribution in [2.24, 2.45) is 4.99 Å². The van der Waals surface area contributed by atoms with Crippen LogP contribution in [0, 0.1) is 0 Å². The molecule has 0 N–H and O–H groups in total. The van der Waals surface area contributed by atoms with Gasteiger partial charge in [-0.15, -0.1) is 0 Å². The number of fused-ring (bicyclic) bond motifs is 1. The van der Waals surface area contributed by atoms with E-state index in [4.69, 9.17) is 14.5 Å². The minimum absolute atomic E-state index is 0.626. The van der Waals surface area contributed by atoms with Crippen molar-refractivity contribution in [1.29, 1.82) is 0 Å². The van der Waals surface area contributed by atoms with Crippen molar-refractivity contribution in [2.75, 3.05) is 44.9 Å². The molecule has 3 aromatic rings. The Balaban J connectivity index is 1.77. The van der Waals surface area contributed by atoms with Gasteiger partial charge in [0.15, 0.2) is 0 Å². The van der Waals surface area contributed by atoms with Crippen molar-refractivity contribution in [3.8, 4) is 16.9 Å². The van der Waals surface area contributed by atoms with Gasteiger partial charge in [0.1, 0.15) is 11.6 Å². The van der Waals surface area contributed by atoms with Crippen LogP contribution in [0.25, 0.3) is 27.6 Å². The van der Waals surface area contributed by atoms with E-state index in [-0.39, 0.29) is 0 Å². The third kappa shape index (κ3) is 3.23. The molecule has 146 valence electrons. The van der Waals surface area contributed by atoms with Crippen LogP contribution in [-0.2, 0) is 4.74 Å². The molecule has 5 heterocycles. The average molecular weight is 387 g/mol. The maximum atomic E-state index is 5.62. The van der Waals surface area contributed by atoms with Gasteiger partial charge < -0.3 is 14.4 Å². The van der Waals surface area contributed by atoms with Crippen molar-refractivity contribution in [2.45, 2.75) is 0 Å². The summed E-state index contributed by atoms with van der Waals surface area (Å²) >= 11 is 0. The van der Waals surface area contributed by atoms with Gasteiger partial charge in [-0.3, -0.25) is 15.0 Å². The van der Waals surface area contributed by atoms with Crippen LogP contribution in [-0.4, -0.2) is 61.1 Å². The fourth-order valence-electron chi connectivity index (χ4n) is 3.81. The van der Waals surface area contributed by atoms with Crippen LogP contribution in [0.2, 0.25) is 0 Å². The predicted octanol–water partition coefficient (Wildman–Crippen LogP) is 3.00. The monoisotopic (exact) mass is 387 g/mol. The third-order valence-corrected chi connectivity index (χ3v) is 5.29. The lowest BCUT2D eigenvalue weighted by atomic mass is 9.99. The molecule has 1 saturated heterocycles. The van der Waals surface area contributed by atoms with Crippen LogP contribution >= 0.6 is 0 Å². The van der Waals surface area contributed by atoms with Gasteiger partial charge >= 0.3 is 0 Å². The van der Waals surface area contributed by atoms with E-state index >= 15 is 0 Å². The highest BCUT2D eigenvalue weighted by Crippen LogP contribution is 2.38. The Morgan fingerprint density at radius 1 is 1.10 bits per heavy atom. The van der Waals surface area contributed by atoms with Crippen molar-refractivity contribution in [3.63, 3.8) is 0 Å². The summed E-state index contributed by atoms with van der Waals surface area (Å²) in [6.45, 7) is 3.64. The fraction of sp³-hybridized carbons (Fsp3) is 0.273. The Bertz CT molecular complexity index is 1120. The number of allylic oxidation sites excluding steroid dienone is 1. The highest BCUT2D eigenvalue weighted by atomic mass is 16.5. The largest absolute Gasteiger partial charge is 0.496 e. The van der Waals surface area contributed by atoms with Gasteiger partial charge in [0.05, 0.1) is 38.1 Å². The number of aliphatic imine (C=N–C) groups is 1. The fourth-order valence-corrected chi connectivity index (χ4v) is 3.81. The molecule has 29 heavy (non-hydrogen) atoms. The van der Waals surface area contributed by atoms with Gasteiger partial charge in [-0.25, -0.2) is 4.98 Å². The highest BCUT2D eigenvalue weighted by Gasteiger charge is 2.20. The summed E-state index contributed by atoms with van der Waals surface area (Å²) in [5.74, 6) is 1.69. The van der Waals surface area contributed by atoms with E-state index in [0.29, 0.717) is 19.8 Å². The first-order valence-electron chi connectivity index (χ1n) is 9.65. The maximum absolute atomic E-state index is 5.62. The maximum Gasteiger partial charge on any atom is 0.130 e. The van der Waals surface area contributed by atoms with Crippen LogP contribution in [0.3, 0.4) is 0 Å². The topological polar surface area (TPSA) is 72.7 Å². The van der Waals surface area contributed by atoms with Crippen molar-refractivity contribution >= 4 is 28.5 Å². The Hall–Kier alpha value is -3.32. The number of methoxy groups -OCH3 is 1. The highest BCUT2D eigenvalue weighted by molar-refractivity contribution is 6.03. The zero-order chi connectivity index (χ0) is 19.6. The lowest BCUT2D eigenvalue weighted by Gasteiger charge is -2.28. The molecule has 0 spiro atoms. The van der Waals surface area contributed by atoms with Crippen LogP contribution < -0.4 is 9.64 Å². The van der Waals surface area contributed by atoms with Gasteiger partial charge in [0.2, 0.25) is 0 Å². The smallest absolute Gasteiger partial charge is 0.130 e. The Kier molecular flexibility index (Phi) is 4.65. The second kappa shape index (κ2) is 7.60. The number of aromatic nitrogens is 3. The second-order valence-electron chi connectivity index (χ2n) is 6.94. The van der Waals surface area contributed by atoms with Crippen LogP contribution in [0.5, 0.6) is 5.75 Å². The third-order valence-electron chi connectivity index (χ3n) is 5.29. The number of morpholine rings is 1. The van der Waals surface area contributed by atoms with E-state index in [0.717, 1.165) is 58.0 Å². The van der Waals surface area contributed by atoms with E-state index in [1.165, 1.54) is 0 Å². The minimum atomic E-state index is 0.626. The molecule has 3 aromatic heterocycles. The van der Waals surface area contributed by atoms with Gasteiger partial charge in [0, 0.05) is 60.0 Å². The molecule has 0 atom stereocenters. The molecule has 7 nitrogen and oxygen atoms in total. The molecule has 0 aliphatic carbocycles. The molecule has 7 heteroatoms. The normalized spacial score (nSPS) is 16.3. The number of ether oxygens (including phenoxy) is 2. The molecular weight excluding hydrogens is 366 g/mol. The summed E-state index contributed by atoms with van der Waals surface area (Å²) in [5.41, 5.74) is 4.79. The molecule has 1 fully saturated rings. The molecule has 0 amide bonds. The molecule has 2 aliphatic heterocycles. The van der Waals surface area contributed by atoms with Gasteiger partial charge in [-0.1, -0.05) is 0 Å². The second-order valence-corrected chi connectivity index (χ2v) is 6.94. The lowest BCUT2D eigenvalue weighted by Crippen LogP contribution is -2.36. The Labute approximate surface area is 168 Å². The van der Waals surface area contributed by atoms with Crippen molar-refractivity contribution in [1.82, 2.24) is 15.0 Å². The van der Waals surface area contributed by atoms with Crippen molar-refractivity contribution in [3.05, 3.63) is 48.6 Å². The first-order valence-corrected chi connectivity index (χ1v) is 9.65. The van der Waals surface area contributed by atoms with E-state index in [9.17, 15) is 0 Å². The van der Waals surface area contributed by atoms with E-state index in [1.54, 1.807) is 13.3 Å². The zero-order valence-corrected chi connectivity index (χ0v) is 16.2. The van der Waals surface area contributed by atoms with E-state index < -0.39 is 0 Å². The standard InChI is InChI=1S/C22H21N5O2/c1-28-19-4-6-24-14-18(19)17-12-20(27-8-10-29-11-9-27)26-22-16(17)3-7-25-21(22)15-2-5-23-13-15/h2-7,12,14H,8-11,13H2,1H3. The van der Waals surface area contributed by atoms with Crippen LogP contribution in [0.4, 0.5) is 5.82 Å². The van der Waals surface area contributed by atoms with E-state index in [2.05, 4.69) is 25.9 Å². The Morgan fingerprint density at radius 3 is 2.79 bits per heavy atom. The Morgan fingerprint density at radius 2 is 2.00 bits per heavy atom. The number of rotatable bonds is 4. The van der Waals surface area contributed by atoms with Crippen molar-refractivity contribution < 1.29 is 9.47 Å². The zero-order valence-electron chi connectivity index (χ0n) is 16.2. The SMILES string of the molecule is COc1ccncc1-c1cc(N2CCOCC2)nc2c(C3=CC=NC3)nccc12. The summed E-state index contributed by atoms with van der Waals surface area (Å²) in [7, 11) is 1.68.